The van der Waals surface area contributed by atoms with Crippen LogP contribution in [0.3, 0.4) is 0 Å². The minimum absolute atomic E-state index is 0.00478. The van der Waals surface area contributed by atoms with E-state index < -0.39 is 9.84 Å². The fraction of sp³-hybridized carbons (Fsp3) is 0.533. The molecule has 1 aromatic carbocycles. The largest absolute Gasteiger partial charge is 0.326 e. The van der Waals surface area contributed by atoms with Crippen molar-refractivity contribution in [1.82, 2.24) is 4.90 Å². The second kappa shape index (κ2) is 7.04. The molecule has 1 fully saturated rings. The quantitative estimate of drug-likeness (QED) is 0.868. The highest BCUT2D eigenvalue weighted by Crippen LogP contribution is 2.16. The zero-order chi connectivity index (χ0) is 15.3. The summed E-state index contributed by atoms with van der Waals surface area (Å²) < 4.78 is 22.1. The standard InChI is InChI=1S/C15H22N2O3S/c1-21(19,20)10-7-15(18)16-14-6-4-5-13(11-14)12-17-8-2-3-9-17/h4-6,11H,2-3,7-10,12H2,1H3,(H,16,18). The SMILES string of the molecule is CS(=O)(=O)CCC(=O)Nc1cccc(CN2CCCC2)c1. The number of benzene rings is 1. The van der Waals surface area contributed by atoms with Gasteiger partial charge in [0.05, 0.1) is 5.75 Å². The van der Waals surface area contributed by atoms with Gasteiger partial charge in [-0.3, -0.25) is 9.69 Å². The molecule has 0 aromatic heterocycles. The van der Waals surface area contributed by atoms with Crippen molar-refractivity contribution in [3.8, 4) is 0 Å². The lowest BCUT2D eigenvalue weighted by Gasteiger charge is -2.15. The molecule has 0 saturated carbocycles. The van der Waals surface area contributed by atoms with Crippen LogP contribution in [-0.4, -0.2) is 44.3 Å². The van der Waals surface area contributed by atoms with E-state index in [1.165, 1.54) is 12.8 Å². The number of carbonyl (C=O) groups is 1. The van der Waals surface area contributed by atoms with Crippen LogP contribution in [-0.2, 0) is 21.2 Å². The van der Waals surface area contributed by atoms with Gasteiger partial charge in [-0.25, -0.2) is 8.42 Å². The van der Waals surface area contributed by atoms with Crippen molar-refractivity contribution in [3.63, 3.8) is 0 Å². The molecule has 0 radical (unpaired) electrons. The molecule has 5 nitrogen and oxygen atoms in total. The fourth-order valence-corrected chi connectivity index (χ4v) is 3.00. The Morgan fingerprint density at radius 1 is 1.29 bits per heavy atom. The van der Waals surface area contributed by atoms with E-state index in [4.69, 9.17) is 0 Å². The van der Waals surface area contributed by atoms with Gasteiger partial charge >= 0.3 is 0 Å². The third-order valence-electron chi connectivity index (χ3n) is 3.52. The lowest BCUT2D eigenvalue weighted by molar-refractivity contribution is -0.115. The van der Waals surface area contributed by atoms with E-state index in [-0.39, 0.29) is 18.1 Å². The number of likely N-dealkylation sites (tertiary alicyclic amines) is 1. The summed E-state index contributed by atoms with van der Waals surface area (Å²) in [5, 5.41) is 2.76. The minimum atomic E-state index is -3.10. The zero-order valence-corrected chi connectivity index (χ0v) is 13.2. The van der Waals surface area contributed by atoms with E-state index in [0.717, 1.165) is 37.1 Å². The molecule has 1 N–H and O–H groups in total. The number of anilines is 1. The molecule has 1 aliphatic heterocycles. The first-order valence-corrected chi connectivity index (χ1v) is 9.27. The van der Waals surface area contributed by atoms with Crippen molar-refractivity contribution < 1.29 is 13.2 Å². The summed E-state index contributed by atoms with van der Waals surface area (Å²) >= 11 is 0. The molecule has 0 spiro atoms. The molecule has 0 atom stereocenters. The molecule has 6 heteroatoms. The van der Waals surface area contributed by atoms with E-state index in [0.29, 0.717) is 0 Å². The molecule has 1 aromatic rings. The average molecular weight is 310 g/mol. The summed E-state index contributed by atoms with van der Waals surface area (Å²) in [6.07, 6.45) is 3.63. The highest BCUT2D eigenvalue weighted by Gasteiger charge is 2.12. The smallest absolute Gasteiger partial charge is 0.225 e. The van der Waals surface area contributed by atoms with Crippen LogP contribution in [0.2, 0.25) is 0 Å². The van der Waals surface area contributed by atoms with Gasteiger partial charge in [0.1, 0.15) is 9.84 Å². The Kier molecular flexibility index (Phi) is 5.36. The summed E-state index contributed by atoms with van der Waals surface area (Å²) in [4.78, 5) is 14.1. The Morgan fingerprint density at radius 3 is 2.67 bits per heavy atom. The van der Waals surface area contributed by atoms with Crippen LogP contribution in [0.4, 0.5) is 5.69 Å². The van der Waals surface area contributed by atoms with Crippen LogP contribution < -0.4 is 5.32 Å². The minimum Gasteiger partial charge on any atom is -0.326 e. The molecule has 0 bridgehead atoms. The Labute approximate surface area is 126 Å². The van der Waals surface area contributed by atoms with Crippen LogP contribution in [0.1, 0.15) is 24.8 Å². The number of nitrogens with zero attached hydrogens (tertiary/aromatic N) is 1. The summed E-state index contributed by atoms with van der Waals surface area (Å²) in [5.74, 6) is -0.384. The number of rotatable bonds is 6. The molecule has 1 aliphatic rings. The number of amides is 1. The molecule has 0 aliphatic carbocycles. The molecule has 0 unspecified atom stereocenters. The van der Waals surface area contributed by atoms with Crippen molar-refractivity contribution in [2.24, 2.45) is 0 Å². The lowest BCUT2D eigenvalue weighted by Crippen LogP contribution is -2.19. The lowest BCUT2D eigenvalue weighted by atomic mass is 10.2. The molecule has 116 valence electrons. The van der Waals surface area contributed by atoms with Crippen LogP contribution in [0.15, 0.2) is 24.3 Å². The monoisotopic (exact) mass is 310 g/mol. The third-order valence-corrected chi connectivity index (χ3v) is 4.46. The van der Waals surface area contributed by atoms with E-state index in [2.05, 4.69) is 10.2 Å². The van der Waals surface area contributed by atoms with Gasteiger partial charge in [-0.05, 0) is 43.6 Å². The predicted octanol–water partition coefficient (Wildman–Crippen LogP) is 1.66. The highest BCUT2D eigenvalue weighted by atomic mass is 32.2. The van der Waals surface area contributed by atoms with E-state index in [9.17, 15) is 13.2 Å². The molecule has 21 heavy (non-hydrogen) atoms. The van der Waals surface area contributed by atoms with Crippen LogP contribution in [0.5, 0.6) is 0 Å². The summed E-state index contributed by atoms with van der Waals surface area (Å²) in [6, 6.07) is 7.74. The second-order valence-electron chi connectivity index (χ2n) is 5.61. The first-order chi connectivity index (χ1) is 9.92. The predicted molar refractivity (Wildman–Crippen MR) is 83.9 cm³/mol. The maximum Gasteiger partial charge on any atom is 0.225 e. The first-order valence-electron chi connectivity index (χ1n) is 7.21. The Morgan fingerprint density at radius 2 is 2.00 bits per heavy atom. The van der Waals surface area contributed by atoms with Gasteiger partial charge in [-0.1, -0.05) is 12.1 Å². The Hall–Kier alpha value is -1.40. The third kappa shape index (κ3) is 5.85. The Balaban J connectivity index is 1.89. The van der Waals surface area contributed by atoms with E-state index in [1.807, 2.05) is 24.3 Å². The molecule has 1 saturated heterocycles. The maximum absolute atomic E-state index is 11.7. The van der Waals surface area contributed by atoms with Crippen LogP contribution in [0, 0.1) is 0 Å². The van der Waals surface area contributed by atoms with Gasteiger partial charge in [0.15, 0.2) is 0 Å². The van der Waals surface area contributed by atoms with Gasteiger partial charge < -0.3 is 5.32 Å². The van der Waals surface area contributed by atoms with Crippen molar-refractivity contribution in [2.45, 2.75) is 25.8 Å². The van der Waals surface area contributed by atoms with Crippen molar-refractivity contribution >= 4 is 21.4 Å². The molecular formula is C15H22N2O3S. The van der Waals surface area contributed by atoms with Gasteiger partial charge in [0.25, 0.3) is 0 Å². The van der Waals surface area contributed by atoms with Crippen molar-refractivity contribution in [3.05, 3.63) is 29.8 Å². The highest BCUT2D eigenvalue weighted by molar-refractivity contribution is 7.90. The second-order valence-corrected chi connectivity index (χ2v) is 7.87. The topological polar surface area (TPSA) is 66.5 Å². The van der Waals surface area contributed by atoms with Gasteiger partial charge in [-0.15, -0.1) is 0 Å². The number of nitrogens with one attached hydrogen (secondary N) is 1. The average Bonchev–Trinajstić information content (AvgIpc) is 2.89. The number of hydrogen-bond donors (Lipinski definition) is 1. The maximum atomic E-state index is 11.7. The summed E-state index contributed by atoms with van der Waals surface area (Å²) in [7, 11) is -3.10. The van der Waals surface area contributed by atoms with Crippen molar-refractivity contribution in [1.29, 1.82) is 0 Å². The summed E-state index contributed by atoms with van der Waals surface area (Å²) in [6.45, 7) is 3.16. The van der Waals surface area contributed by atoms with E-state index >= 15 is 0 Å². The normalized spacial score (nSPS) is 16.0. The van der Waals surface area contributed by atoms with Gasteiger partial charge in [-0.2, -0.15) is 0 Å². The van der Waals surface area contributed by atoms with Crippen molar-refractivity contribution in [2.75, 3.05) is 30.4 Å². The molecule has 1 heterocycles. The molecular weight excluding hydrogens is 288 g/mol. The fourth-order valence-electron chi connectivity index (χ4n) is 2.45. The van der Waals surface area contributed by atoms with Crippen LogP contribution in [0.25, 0.3) is 0 Å². The zero-order valence-electron chi connectivity index (χ0n) is 12.3. The number of hydrogen-bond acceptors (Lipinski definition) is 4. The Bertz CT molecular complexity index is 593. The number of carbonyl (C=O) groups excluding carboxylic acids is 1. The van der Waals surface area contributed by atoms with Crippen LogP contribution >= 0.6 is 0 Å². The summed E-state index contributed by atoms with van der Waals surface area (Å²) in [5.41, 5.74) is 1.89. The van der Waals surface area contributed by atoms with Gasteiger partial charge in [0.2, 0.25) is 5.91 Å². The van der Waals surface area contributed by atoms with E-state index in [1.54, 1.807) is 0 Å². The molecule has 1 amide bonds. The van der Waals surface area contributed by atoms with Gasteiger partial charge in [0, 0.05) is 24.9 Å². The molecule has 2 rings (SSSR count). The number of sulfone groups is 1. The first kappa shape index (κ1) is 16.0.